The second-order valence-electron chi connectivity index (χ2n) is 3.57. The Balaban J connectivity index is 2.32. The molecule has 0 fully saturated rings. The first-order chi connectivity index (χ1) is 6.70. The second-order valence-corrected chi connectivity index (χ2v) is 3.57. The minimum atomic E-state index is -0.420. The topological polar surface area (TPSA) is 49.3 Å². The average Bonchev–Trinajstić information content (AvgIpc) is 2.55. The van der Waals surface area contributed by atoms with Gasteiger partial charge >= 0.3 is 0 Å². The van der Waals surface area contributed by atoms with Crippen LogP contribution in [0.3, 0.4) is 0 Å². The highest BCUT2D eigenvalue weighted by Gasteiger charge is 2.18. The Hall–Kier alpha value is -1.35. The lowest BCUT2D eigenvalue weighted by Crippen LogP contribution is -2.03. The standard InChI is InChI=1S/C11H13NO2/c1-2-10(13)7-3-4-9-8(5-7)6-11(14)12-9/h3-5,10,13H,2,6H2,1H3,(H,12,14)/t10-/m0/s1. The molecule has 0 unspecified atom stereocenters. The molecule has 1 aliphatic heterocycles. The van der Waals surface area contributed by atoms with E-state index in [4.69, 9.17) is 0 Å². The average molecular weight is 191 g/mol. The van der Waals surface area contributed by atoms with Crippen molar-refractivity contribution in [1.29, 1.82) is 0 Å². The van der Waals surface area contributed by atoms with Crippen LogP contribution in [0.2, 0.25) is 0 Å². The largest absolute Gasteiger partial charge is 0.388 e. The van der Waals surface area contributed by atoms with E-state index in [9.17, 15) is 9.90 Å². The fourth-order valence-corrected chi connectivity index (χ4v) is 1.69. The predicted molar refractivity (Wildman–Crippen MR) is 54.0 cm³/mol. The number of benzene rings is 1. The third-order valence-electron chi connectivity index (χ3n) is 2.53. The van der Waals surface area contributed by atoms with E-state index in [2.05, 4.69) is 5.32 Å². The molecule has 3 nitrogen and oxygen atoms in total. The third-order valence-corrected chi connectivity index (χ3v) is 2.53. The Kier molecular flexibility index (Phi) is 2.25. The maximum absolute atomic E-state index is 11.1. The van der Waals surface area contributed by atoms with Crippen LogP contribution in [-0.2, 0) is 11.2 Å². The van der Waals surface area contributed by atoms with E-state index in [1.807, 2.05) is 25.1 Å². The third kappa shape index (κ3) is 1.51. The summed E-state index contributed by atoms with van der Waals surface area (Å²) in [6, 6.07) is 5.62. The Labute approximate surface area is 82.8 Å². The van der Waals surface area contributed by atoms with Gasteiger partial charge in [0.15, 0.2) is 0 Å². The fourth-order valence-electron chi connectivity index (χ4n) is 1.69. The zero-order valence-corrected chi connectivity index (χ0v) is 8.08. The van der Waals surface area contributed by atoms with Gasteiger partial charge in [0.25, 0.3) is 0 Å². The van der Waals surface area contributed by atoms with Crippen molar-refractivity contribution in [2.75, 3.05) is 5.32 Å². The zero-order valence-electron chi connectivity index (χ0n) is 8.08. The molecule has 0 aromatic heterocycles. The van der Waals surface area contributed by atoms with Crippen LogP contribution in [0.5, 0.6) is 0 Å². The molecule has 1 amide bonds. The van der Waals surface area contributed by atoms with E-state index in [0.717, 1.165) is 16.8 Å². The van der Waals surface area contributed by atoms with E-state index in [0.29, 0.717) is 12.8 Å². The van der Waals surface area contributed by atoms with Crippen molar-refractivity contribution in [2.24, 2.45) is 0 Å². The van der Waals surface area contributed by atoms with Gasteiger partial charge in [0, 0.05) is 5.69 Å². The Morgan fingerprint density at radius 2 is 2.36 bits per heavy atom. The molecule has 0 bridgehead atoms. The number of carbonyl (C=O) groups is 1. The molecule has 74 valence electrons. The van der Waals surface area contributed by atoms with Crippen LogP contribution >= 0.6 is 0 Å². The van der Waals surface area contributed by atoms with E-state index in [1.165, 1.54) is 0 Å². The number of fused-ring (bicyclic) bond motifs is 1. The van der Waals surface area contributed by atoms with E-state index in [-0.39, 0.29) is 5.91 Å². The minimum Gasteiger partial charge on any atom is -0.388 e. The highest BCUT2D eigenvalue weighted by Crippen LogP contribution is 2.27. The first kappa shape index (κ1) is 9.21. The molecule has 0 radical (unpaired) electrons. The van der Waals surface area contributed by atoms with E-state index >= 15 is 0 Å². The number of hydrogen-bond donors (Lipinski definition) is 2. The molecule has 2 N–H and O–H groups in total. The van der Waals surface area contributed by atoms with Gasteiger partial charge in [0.05, 0.1) is 12.5 Å². The lowest BCUT2D eigenvalue weighted by atomic mass is 10.0. The van der Waals surface area contributed by atoms with Crippen molar-refractivity contribution in [3.63, 3.8) is 0 Å². The summed E-state index contributed by atoms with van der Waals surface area (Å²) in [6.07, 6.45) is 0.704. The summed E-state index contributed by atoms with van der Waals surface area (Å²) in [7, 11) is 0. The van der Waals surface area contributed by atoms with Crippen molar-refractivity contribution in [1.82, 2.24) is 0 Å². The fraction of sp³-hybridized carbons (Fsp3) is 0.364. The summed E-state index contributed by atoms with van der Waals surface area (Å²) in [4.78, 5) is 11.1. The first-order valence-electron chi connectivity index (χ1n) is 4.81. The maximum Gasteiger partial charge on any atom is 0.228 e. The van der Waals surface area contributed by atoms with Crippen LogP contribution in [0.4, 0.5) is 5.69 Å². The van der Waals surface area contributed by atoms with Crippen molar-refractivity contribution in [3.05, 3.63) is 29.3 Å². The van der Waals surface area contributed by atoms with E-state index in [1.54, 1.807) is 0 Å². The summed E-state index contributed by atoms with van der Waals surface area (Å²) >= 11 is 0. The molecule has 0 saturated carbocycles. The van der Waals surface area contributed by atoms with Crippen LogP contribution in [-0.4, -0.2) is 11.0 Å². The molecule has 0 aliphatic carbocycles. The molecule has 1 atom stereocenters. The van der Waals surface area contributed by atoms with Gasteiger partial charge in [-0.3, -0.25) is 4.79 Å². The molecule has 0 spiro atoms. The summed E-state index contributed by atoms with van der Waals surface area (Å²) in [5.74, 6) is 0.0307. The number of anilines is 1. The van der Waals surface area contributed by atoms with Gasteiger partial charge in [0.1, 0.15) is 0 Å². The Morgan fingerprint density at radius 1 is 1.57 bits per heavy atom. The summed E-state index contributed by atoms with van der Waals surface area (Å²) < 4.78 is 0. The number of aliphatic hydroxyl groups is 1. The molecule has 1 aromatic rings. The number of aliphatic hydroxyl groups excluding tert-OH is 1. The normalized spacial score (nSPS) is 16.3. The molecular weight excluding hydrogens is 178 g/mol. The van der Waals surface area contributed by atoms with Gasteiger partial charge in [-0.05, 0) is 23.6 Å². The van der Waals surface area contributed by atoms with Crippen molar-refractivity contribution in [3.8, 4) is 0 Å². The van der Waals surface area contributed by atoms with Crippen LogP contribution in [0, 0.1) is 0 Å². The van der Waals surface area contributed by atoms with Gasteiger partial charge < -0.3 is 10.4 Å². The molecule has 3 heteroatoms. The summed E-state index contributed by atoms with van der Waals surface area (Å²) in [6.45, 7) is 1.93. The van der Waals surface area contributed by atoms with Gasteiger partial charge in [-0.15, -0.1) is 0 Å². The van der Waals surface area contributed by atoms with Gasteiger partial charge in [0.2, 0.25) is 5.91 Å². The van der Waals surface area contributed by atoms with Crippen molar-refractivity contribution in [2.45, 2.75) is 25.9 Å². The van der Waals surface area contributed by atoms with Crippen LogP contribution in [0.25, 0.3) is 0 Å². The molecule has 2 rings (SSSR count). The number of carbonyl (C=O) groups excluding carboxylic acids is 1. The Morgan fingerprint density at radius 3 is 3.07 bits per heavy atom. The van der Waals surface area contributed by atoms with Crippen LogP contribution in [0.1, 0.15) is 30.6 Å². The van der Waals surface area contributed by atoms with Crippen molar-refractivity contribution >= 4 is 11.6 Å². The first-order valence-corrected chi connectivity index (χ1v) is 4.81. The van der Waals surface area contributed by atoms with Gasteiger partial charge in [-0.2, -0.15) is 0 Å². The lowest BCUT2D eigenvalue weighted by molar-refractivity contribution is -0.115. The predicted octanol–water partition coefficient (Wildman–Crippen LogP) is 1.62. The monoisotopic (exact) mass is 191 g/mol. The van der Waals surface area contributed by atoms with Crippen molar-refractivity contribution < 1.29 is 9.90 Å². The van der Waals surface area contributed by atoms with E-state index < -0.39 is 6.10 Å². The molecule has 1 aromatic carbocycles. The Bertz CT molecular complexity index is 374. The number of rotatable bonds is 2. The second kappa shape index (κ2) is 3.42. The number of hydrogen-bond acceptors (Lipinski definition) is 2. The van der Waals surface area contributed by atoms with Gasteiger partial charge in [-0.25, -0.2) is 0 Å². The molecule has 1 heterocycles. The molecule has 14 heavy (non-hydrogen) atoms. The highest BCUT2D eigenvalue weighted by atomic mass is 16.3. The summed E-state index contributed by atoms with van der Waals surface area (Å²) in [5.41, 5.74) is 2.75. The zero-order chi connectivity index (χ0) is 10.1. The lowest BCUT2D eigenvalue weighted by Gasteiger charge is -2.09. The van der Waals surface area contributed by atoms with Crippen LogP contribution in [0.15, 0.2) is 18.2 Å². The SMILES string of the molecule is CC[C@H](O)c1ccc2c(c1)CC(=O)N2. The maximum atomic E-state index is 11.1. The highest BCUT2D eigenvalue weighted by molar-refractivity contribution is 5.99. The minimum absolute atomic E-state index is 0.0307. The molecule has 0 saturated heterocycles. The van der Waals surface area contributed by atoms with Gasteiger partial charge in [-0.1, -0.05) is 19.1 Å². The summed E-state index contributed by atoms with van der Waals surface area (Å²) in [5, 5.41) is 12.4. The smallest absolute Gasteiger partial charge is 0.228 e. The molecular formula is C11H13NO2. The quantitative estimate of drug-likeness (QED) is 0.746. The number of amides is 1. The number of nitrogens with one attached hydrogen (secondary N) is 1. The van der Waals surface area contributed by atoms with Crippen LogP contribution < -0.4 is 5.32 Å². The molecule has 1 aliphatic rings.